The van der Waals surface area contributed by atoms with Crippen LogP contribution in [0.15, 0.2) is 48.5 Å². The van der Waals surface area contributed by atoms with Crippen LogP contribution in [0.2, 0.25) is 5.02 Å². The largest absolute Gasteiger partial charge is 0.445 e. The first-order chi connectivity index (χ1) is 12.5. The first kappa shape index (κ1) is 17.1. The molecule has 26 heavy (non-hydrogen) atoms. The number of fused-ring (bicyclic) bond motifs is 1. The lowest BCUT2D eigenvalue weighted by atomic mass is 9.88. The number of hydrogen-bond acceptors (Lipinski definition) is 3. The monoisotopic (exact) mass is 369 g/mol. The van der Waals surface area contributed by atoms with Crippen LogP contribution in [0.1, 0.15) is 47.3 Å². The van der Waals surface area contributed by atoms with Crippen LogP contribution in [0.4, 0.5) is 0 Å². The zero-order valence-corrected chi connectivity index (χ0v) is 15.3. The van der Waals surface area contributed by atoms with Crippen molar-refractivity contribution in [1.82, 2.24) is 5.32 Å². The van der Waals surface area contributed by atoms with E-state index in [0.29, 0.717) is 22.9 Å². The Kier molecular flexibility index (Phi) is 4.23. The minimum atomic E-state index is -1.20. The van der Waals surface area contributed by atoms with Gasteiger partial charge in [-0.15, -0.1) is 0 Å². The molecule has 1 saturated carbocycles. The van der Waals surface area contributed by atoms with Gasteiger partial charge in [0.05, 0.1) is 11.6 Å². The molecule has 0 saturated heterocycles. The Morgan fingerprint density at radius 2 is 1.88 bits per heavy atom. The SMILES string of the molecule is CC1(C(=O)NC(c2ccc(Cl)cc2)C2CC2)Cc2ccccc2C(=O)O1. The molecule has 0 aromatic heterocycles. The Balaban J connectivity index is 1.57. The highest BCUT2D eigenvalue weighted by atomic mass is 35.5. The van der Waals surface area contributed by atoms with Crippen LogP contribution in [-0.4, -0.2) is 17.5 Å². The highest BCUT2D eigenvalue weighted by Gasteiger charge is 2.44. The summed E-state index contributed by atoms with van der Waals surface area (Å²) in [6.45, 7) is 1.68. The molecule has 0 radical (unpaired) electrons. The van der Waals surface area contributed by atoms with E-state index in [1.165, 1.54) is 0 Å². The van der Waals surface area contributed by atoms with Crippen molar-refractivity contribution in [3.05, 3.63) is 70.2 Å². The first-order valence-electron chi connectivity index (χ1n) is 8.84. The second-order valence-corrected chi connectivity index (χ2v) is 7.73. The van der Waals surface area contributed by atoms with E-state index in [-0.39, 0.29) is 11.9 Å². The molecule has 2 aromatic rings. The van der Waals surface area contributed by atoms with Gasteiger partial charge >= 0.3 is 5.97 Å². The predicted molar refractivity (Wildman–Crippen MR) is 99.0 cm³/mol. The molecule has 2 atom stereocenters. The lowest BCUT2D eigenvalue weighted by Gasteiger charge is -2.34. The van der Waals surface area contributed by atoms with Crippen molar-refractivity contribution in [2.45, 2.75) is 37.8 Å². The molecule has 4 rings (SSSR count). The topological polar surface area (TPSA) is 55.4 Å². The average molecular weight is 370 g/mol. The van der Waals surface area contributed by atoms with Crippen LogP contribution >= 0.6 is 11.6 Å². The van der Waals surface area contributed by atoms with Crippen LogP contribution in [0.3, 0.4) is 0 Å². The molecule has 4 nitrogen and oxygen atoms in total. The molecule has 1 N–H and O–H groups in total. The Labute approximate surface area is 157 Å². The Morgan fingerprint density at radius 1 is 1.19 bits per heavy atom. The molecule has 1 aliphatic carbocycles. The summed E-state index contributed by atoms with van der Waals surface area (Å²) in [5.41, 5.74) is 1.20. The van der Waals surface area contributed by atoms with Crippen LogP contribution in [0, 0.1) is 5.92 Å². The molecular formula is C21H20ClNO3. The van der Waals surface area contributed by atoms with Gasteiger partial charge in [-0.2, -0.15) is 0 Å². The molecule has 1 aliphatic heterocycles. The summed E-state index contributed by atoms with van der Waals surface area (Å²) < 4.78 is 5.55. The van der Waals surface area contributed by atoms with Crippen molar-refractivity contribution in [3.63, 3.8) is 0 Å². The third-order valence-electron chi connectivity index (χ3n) is 5.17. The second kappa shape index (κ2) is 6.44. The fourth-order valence-electron chi connectivity index (χ4n) is 3.53. The van der Waals surface area contributed by atoms with Gasteiger partial charge < -0.3 is 10.1 Å². The van der Waals surface area contributed by atoms with Crippen LogP contribution in [0.5, 0.6) is 0 Å². The first-order valence-corrected chi connectivity index (χ1v) is 9.22. The number of esters is 1. The van der Waals surface area contributed by atoms with Crippen molar-refractivity contribution in [2.75, 3.05) is 0 Å². The number of halogens is 1. The Morgan fingerprint density at radius 3 is 2.58 bits per heavy atom. The maximum atomic E-state index is 13.0. The van der Waals surface area contributed by atoms with Gasteiger partial charge in [-0.05, 0) is 55.0 Å². The molecule has 0 spiro atoms. The molecule has 5 heteroatoms. The number of carbonyl (C=O) groups excluding carboxylic acids is 2. The van der Waals surface area contributed by atoms with Gasteiger partial charge in [-0.25, -0.2) is 4.79 Å². The number of amides is 1. The van der Waals surface area contributed by atoms with Gasteiger partial charge in [0.2, 0.25) is 0 Å². The van der Waals surface area contributed by atoms with Gasteiger partial charge in [0.25, 0.3) is 5.91 Å². The molecule has 1 fully saturated rings. The maximum Gasteiger partial charge on any atom is 0.339 e. The molecule has 2 aliphatic rings. The number of ether oxygens (including phenoxy) is 1. The maximum absolute atomic E-state index is 13.0. The number of hydrogen-bond donors (Lipinski definition) is 1. The highest BCUT2D eigenvalue weighted by molar-refractivity contribution is 6.30. The number of nitrogens with one attached hydrogen (secondary N) is 1. The number of carbonyl (C=O) groups is 2. The molecule has 134 valence electrons. The van der Waals surface area contributed by atoms with Gasteiger partial charge in [-0.3, -0.25) is 4.79 Å². The fourth-order valence-corrected chi connectivity index (χ4v) is 3.65. The van der Waals surface area contributed by atoms with Crippen molar-refractivity contribution in [2.24, 2.45) is 5.92 Å². The molecule has 2 unspecified atom stereocenters. The standard InChI is InChI=1S/C21H20ClNO3/c1-21(12-15-4-2-3-5-17(15)19(24)26-21)20(25)23-18(13-6-7-13)14-8-10-16(22)11-9-14/h2-5,8-11,13,18H,6-7,12H2,1H3,(H,23,25). The zero-order chi connectivity index (χ0) is 18.3. The quantitative estimate of drug-likeness (QED) is 0.826. The van der Waals surface area contributed by atoms with Crippen molar-refractivity contribution < 1.29 is 14.3 Å². The van der Waals surface area contributed by atoms with Crippen molar-refractivity contribution in [1.29, 1.82) is 0 Å². The molecule has 2 aromatic carbocycles. The summed E-state index contributed by atoms with van der Waals surface area (Å²) in [6.07, 6.45) is 2.53. The van der Waals surface area contributed by atoms with E-state index < -0.39 is 11.6 Å². The van der Waals surface area contributed by atoms with E-state index in [1.54, 1.807) is 19.1 Å². The van der Waals surface area contributed by atoms with Gasteiger partial charge in [-0.1, -0.05) is 41.9 Å². The predicted octanol–water partition coefficient (Wildman–Crippen LogP) is 4.08. The van der Waals surface area contributed by atoms with Crippen LogP contribution < -0.4 is 5.32 Å². The summed E-state index contributed by atoms with van der Waals surface area (Å²) in [4.78, 5) is 25.4. The zero-order valence-electron chi connectivity index (χ0n) is 14.5. The number of cyclic esters (lactones) is 1. The highest BCUT2D eigenvalue weighted by Crippen LogP contribution is 2.42. The van der Waals surface area contributed by atoms with E-state index in [0.717, 1.165) is 24.0 Å². The minimum absolute atomic E-state index is 0.0903. The second-order valence-electron chi connectivity index (χ2n) is 7.29. The molecular weight excluding hydrogens is 350 g/mol. The van der Waals surface area contributed by atoms with Crippen molar-refractivity contribution >= 4 is 23.5 Å². The smallest absolute Gasteiger partial charge is 0.339 e. The third kappa shape index (κ3) is 3.21. The van der Waals surface area contributed by atoms with E-state index in [9.17, 15) is 9.59 Å². The van der Waals surface area contributed by atoms with Crippen LogP contribution in [0.25, 0.3) is 0 Å². The van der Waals surface area contributed by atoms with Gasteiger partial charge in [0.15, 0.2) is 5.60 Å². The summed E-state index contributed by atoms with van der Waals surface area (Å²) in [6, 6.07) is 14.7. The summed E-state index contributed by atoms with van der Waals surface area (Å²) >= 11 is 5.98. The minimum Gasteiger partial charge on any atom is -0.445 e. The Hall–Kier alpha value is -2.33. The molecule has 1 amide bonds. The third-order valence-corrected chi connectivity index (χ3v) is 5.42. The van der Waals surface area contributed by atoms with Crippen LogP contribution in [-0.2, 0) is 16.0 Å². The van der Waals surface area contributed by atoms with E-state index in [4.69, 9.17) is 16.3 Å². The lowest BCUT2D eigenvalue weighted by Crippen LogP contribution is -2.52. The average Bonchev–Trinajstić information content (AvgIpc) is 3.45. The number of rotatable bonds is 4. The summed E-state index contributed by atoms with van der Waals surface area (Å²) in [5.74, 6) is -0.290. The normalized spacial score (nSPS) is 22.9. The summed E-state index contributed by atoms with van der Waals surface area (Å²) in [7, 11) is 0. The van der Waals surface area contributed by atoms with E-state index >= 15 is 0 Å². The lowest BCUT2D eigenvalue weighted by molar-refractivity contribution is -0.140. The fraction of sp³-hybridized carbons (Fsp3) is 0.333. The molecule has 1 heterocycles. The summed E-state index contributed by atoms with van der Waals surface area (Å²) in [5, 5.41) is 3.78. The van der Waals surface area contributed by atoms with Gasteiger partial charge in [0.1, 0.15) is 0 Å². The molecule has 0 bridgehead atoms. The van der Waals surface area contributed by atoms with E-state index in [2.05, 4.69) is 5.32 Å². The van der Waals surface area contributed by atoms with Crippen molar-refractivity contribution in [3.8, 4) is 0 Å². The van der Waals surface area contributed by atoms with E-state index in [1.807, 2.05) is 36.4 Å². The van der Waals surface area contributed by atoms with Gasteiger partial charge in [0, 0.05) is 11.4 Å². The Bertz CT molecular complexity index is 860. The number of benzene rings is 2.